The first-order valence-corrected chi connectivity index (χ1v) is 6.97. The van der Waals surface area contributed by atoms with Gasteiger partial charge in [0, 0.05) is 17.4 Å². The van der Waals surface area contributed by atoms with Crippen LogP contribution in [0.2, 0.25) is 0 Å². The first kappa shape index (κ1) is 12.1. The molecule has 0 N–H and O–H groups in total. The van der Waals surface area contributed by atoms with Crippen LogP contribution in [-0.2, 0) is 0 Å². The Morgan fingerprint density at radius 2 is 1.67 bits per heavy atom. The van der Waals surface area contributed by atoms with Crippen LogP contribution in [-0.4, -0.2) is 11.4 Å². The lowest BCUT2D eigenvalue weighted by atomic mass is 10.1. The molecule has 3 heteroatoms. The highest BCUT2D eigenvalue weighted by Gasteiger charge is 2.16. The SMILES string of the molecule is Cc1ccc(-c2ccccc2)n1-c1ccc2c(c1)OCO2. The number of hydrogen-bond acceptors (Lipinski definition) is 2. The molecule has 2 heterocycles. The third-order valence-electron chi connectivity index (χ3n) is 3.76. The summed E-state index contributed by atoms with van der Waals surface area (Å²) < 4.78 is 13.1. The summed E-state index contributed by atoms with van der Waals surface area (Å²) in [4.78, 5) is 0. The minimum atomic E-state index is 0.301. The third-order valence-corrected chi connectivity index (χ3v) is 3.76. The topological polar surface area (TPSA) is 23.4 Å². The van der Waals surface area contributed by atoms with Gasteiger partial charge in [-0.1, -0.05) is 30.3 Å². The average molecular weight is 277 g/mol. The highest BCUT2D eigenvalue weighted by molar-refractivity contribution is 5.65. The second-order valence-electron chi connectivity index (χ2n) is 5.10. The van der Waals surface area contributed by atoms with Crippen LogP contribution < -0.4 is 9.47 Å². The van der Waals surface area contributed by atoms with Crippen molar-refractivity contribution in [3.63, 3.8) is 0 Å². The van der Waals surface area contributed by atoms with Crippen LogP contribution in [0.15, 0.2) is 60.7 Å². The molecule has 2 aromatic carbocycles. The van der Waals surface area contributed by atoms with E-state index in [-0.39, 0.29) is 0 Å². The van der Waals surface area contributed by atoms with Crippen LogP contribution in [0.1, 0.15) is 5.69 Å². The summed E-state index contributed by atoms with van der Waals surface area (Å²) >= 11 is 0. The van der Waals surface area contributed by atoms with E-state index in [1.54, 1.807) is 0 Å². The molecule has 3 nitrogen and oxygen atoms in total. The number of fused-ring (bicyclic) bond motifs is 1. The van der Waals surface area contributed by atoms with E-state index < -0.39 is 0 Å². The number of nitrogens with zero attached hydrogens (tertiary/aromatic N) is 1. The number of benzene rings is 2. The highest BCUT2D eigenvalue weighted by Crippen LogP contribution is 2.35. The van der Waals surface area contributed by atoms with Crippen LogP contribution in [0, 0.1) is 6.92 Å². The van der Waals surface area contributed by atoms with Crippen molar-refractivity contribution in [2.75, 3.05) is 6.79 Å². The fourth-order valence-corrected chi connectivity index (χ4v) is 2.74. The molecule has 3 aromatic rings. The number of ether oxygens (including phenoxy) is 2. The number of rotatable bonds is 2. The number of aromatic nitrogens is 1. The third kappa shape index (κ3) is 1.98. The zero-order valence-electron chi connectivity index (χ0n) is 11.7. The quantitative estimate of drug-likeness (QED) is 0.701. The van der Waals surface area contributed by atoms with E-state index in [9.17, 15) is 0 Å². The Bertz CT molecular complexity index is 790. The molecule has 4 rings (SSSR count). The van der Waals surface area contributed by atoms with Crippen LogP contribution in [0.4, 0.5) is 0 Å². The molecule has 0 spiro atoms. The van der Waals surface area contributed by atoms with E-state index in [4.69, 9.17) is 9.47 Å². The normalized spacial score (nSPS) is 12.6. The molecule has 0 bridgehead atoms. The van der Waals surface area contributed by atoms with Crippen LogP contribution in [0.25, 0.3) is 16.9 Å². The predicted molar refractivity (Wildman–Crippen MR) is 82.1 cm³/mol. The van der Waals surface area contributed by atoms with Gasteiger partial charge in [-0.05, 0) is 36.8 Å². The minimum absolute atomic E-state index is 0.301. The largest absolute Gasteiger partial charge is 0.454 e. The van der Waals surface area contributed by atoms with Gasteiger partial charge in [0.1, 0.15) is 0 Å². The van der Waals surface area contributed by atoms with Crippen LogP contribution >= 0.6 is 0 Å². The van der Waals surface area contributed by atoms with Crippen molar-refractivity contribution in [3.8, 4) is 28.4 Å². The Morgan fingerprint density at radius 1 is 0.857 bits per heavy atom. The fourth-order valence-electron chi connectivity index (χ4n) is 2.74. The Labute approximate surface area is 123 Å². The molecule has 0 saturated heterocycles. The lowest BCUT2D eigenvalue weighted by Gasteiger charge is -2.12. The van der Waals surface area contributed by atoms with E-state index in [1.165, 1.54) is 17.0 Å². The van der Waals surface area contributed by atoms with E-state index >= 15 is 0 Å². The van der Waals surface area contributed by atoms with Gasteiger partial charge in [-0.3, -0.25) is 0 Å². The predicted octanol–water partition coefficient (Wildman–Crippen LogP) is 4.18. The van der Waals surface area contributed by atoms with Gasteiger partial charge in [-0.15, -0.1) is 0 Å². The van der Waals surface area contributed by atoms with Gasteiger partial charge in [-0.2, -0.15) is 0 Å². The molecule has 0 aliphatic carbocycles. The second-order valence-corrected chi connectivity index (χ2v) is 5.10. The molecule has 1 aromatic heterocycles. The summed E-state index contributed by atoms with van der Waals surface area (Å²) in [6, 6.07) is 20.7. The summed E-state index contributed by atoms with van der Waals surface area (Å²) in [5.41, 5.74) is 4.64. The van der Waals surface area contributed by atoms with E-state index in [0.29, 0.717) is 6.79 Å². The zero-order valence-corrected chi connectivity index (χ0v) is 11.7. The van der Waals surface area contributed by atoms with Crippen molar-refractivity contribution in [3.05, 3.63) is 66.4 Å². The van der Waals surface area contributed by atoms with Gasteiger partial charge < -0.3 is 14.0 Å². The van der Waals surface area contributed by atoms with Crippen molar-refractivity contribution < 1.29 is 9.47 Å². The van der Waals surface area contributed by atoms with Gasteiger partial charge in [0.05, 0.1) is 5.69 Å². The van der Waals surface area contributed by atoms with Crippen molar-refractivity contribution >= 4 is 0 Å². The Morgan fingerprint density at radius 3 is 2.52 bits per heavy atom. The van der Waals surface area contributed by atoms with Gasteiger partial charge in [0.2, 0.25) is 6.79 Å². The molecule has 1 aliphatic rings. The van der Waals surface area contributed by atoms with E-state index in [2.05, 4.69) is 54.0 Å². The smallest absolute Gasteiger partial charge is 0.231 e. The first-order valence-electron chi connectivity index (χ1n) is 6.97. The summed E-state index contributed by atoms with van der Waals surface area (Å²) in [5.74, 6) is 1.62. The lowest BCUT2D eigenvalue weighted by molar-refractivity contribution is 0.174. The first-order chi connectivity index (χ1) is 10.3. The summed E-state index contributed by atoms with van der Waals surface area (Å²) in [6.45, 7) is 2.41. The van der Waals surface area contributed by atoms with Crippen LogP contribution in [0.3, 0.4) is 0 Å². The second kappa shape index (κ2) is 4.70. The summed E-state index contributed by atoms with van der Waals surface area (Å²) in [5, 5.41) is 0. The fraction of sp³-hybridized carbons (Fsp3) is 0.111. The highest BCUT2D eigenvalue weighted by atomic mass is 16.7. The Hall–Kier alpha value is -2.68. The van der Waals surface area contributed by atoms with Crippen molar-refractivity contribution in [1.29, 1.82) is 0 Å². The molecule has 0 amide bonds. The maximum atomic E-state index is 5.49. The molecule has 0 fully saturated rings. The van der Waals surface area contributed by atoms with Crippen molar-refractivity contribution in [2.45, 2.75) is 6.92 Å². The minimum Gasteiger partial charge on any atom is -0.454 e. The van der Waals surface area contributed by atoms with Crippen molar-refractivity contribution in [1.82, 2.24) is 4.57 Å². The van der Waals surface area contributed by atoms with Crippen LogP contribution in [0.5, 0.6) is 11.5 Å². The van der Waals surface area contributed by atoms with E-state index in [1.807, 2.05) is 18.2 Å². The molecule has 21 heavy (non-hydrogen) atoms. The summed E-state index contributed by atoms with van der Waals surface area (Å²) in [6.07, 6.45) is 0. The maximum Gasteiger partial charge on any atom is 0.231 e. The summed E-state index contributed by atoms with van der Waals surface area (Å²) in [7, 11) is 0. The molecule has 0 atom stereocenters. The van der Waals surface area contributed by atoms with Gasteiger partial charge >= 0.3 is 0 Å². The molecule has 0 radical (unpaired) electrons. The average Bonchev–Trinajstić information content (AvgIpc) is 3.13. The molecule has 0 unspecified atom stereocenters. The Balaban J connectivity index is 1.87. The maximum absolute atomic E-state index is 5.49. The molecular weight excluding hydrogens is 262 g/mol. The van der Waals surface area contributed by atoms with Crippen molar-refractivity contribution in [2.24, 2.45) is 0 Å². The molecular formula is C18H15NO2. The monoisotopic (exact) mass is 277 g/mol. The van der Waals surface area contributed by atoms with Gasteiger partial charge in [-0.25, -0.2) is 0 Å². The number of hydrogen-bond donors (Lipinski definition) is 0. The molecule has 0 saturated carbocycles. The number of aryl methyl sites for hydroxylation is 1. The Kier molecular flexibility index (Phi) is 2.71. The van der Waals surface area contributed by atoms with Gasteiger partial charge in [0.25, 0.3) is 0 Å². The molecule has 104 valence electrons. The standard InChI is InChI=1S/C18H15NO2/c1-13-7-9-16(14-5-3-2-4-6-14)19(13)15-8-10-17-18(11-15)21-12-20-17/h2-11H,12H2,1H3. The lowest BCUT2D eigenvalue weighted by Crippen LogP contribution is -1.99. The van der Waals surface area contributed by atoms with Gasteiger partial charge in [0.15, 0.2) is 11.5 Å². The zero-order chi connectivity index (χ0) is 14.2. The van der Waals surface area contributed by atoms with E-state index in [0.717, 1.165) is 17.2 Å². The molecule has 1 aliphatic heterocycles.